The predicted molar refractivity (Wildman–Crippen MR) is 84.8 cm³/mol. The van der Waals surface area contributed by atoms with Crippen molar-refractivity contribution in [1.29, 1.82) is 0 Å². The van der Waals surface area contributed by atoms with Gasteiger partial charge in [-0.2, -0.15) is 0 Å². The molecule has 116 valence electrons. The lowest BCUT2D eigenvalue weighted by atomic mass is 10.0. The van der Waals surface area contributed by atoms with Crippen LogP contribution in [0, 0.1) is 0 Å². The second kappa shape index (κ2) is 6.93. The minimum atomic E-state index is -0.983. The van der Waals surface area contributed by atoms with E-state index < -0.39 is 12.1 Å². The molecule has 0 aliphatic rings. The Morgan fingerprint density at radius 1 is 1.18 bits per heavy atom. The second-order valence-corrected chi connectivity index (χ2v) is 4.90. The number of hydrogen-bond acceptors (Lipinski definition) is 5. The third kappa shape index (κ3) is 3.75. The fourth-order valence-corrected chi connectivity index (χ4v) is 2.04. The summed E-state index contributed by atoms with van der Waals surface area (Å²) >= 11 is 0. The maximum atomic E-state index is 10.9. The van der Waals surface area contributed by atoms with E-state index in [9.17, 15) is 9.90 Å². The molecule has 0 fully saturated rings. The number of rotatable bonds is 6. The Kier molecular flexibility index (Phi) is 4.98. The minimum Gasteiger partial charge on any atom is -0.478 e. The number of nitrogens with one attached hydrogen (secondary N) is 1. The molecule has 0 aliphatic carbocycles. The highest BCUT2D eigenvalue weighted by Gasteiger charge is 2.09. The summed E-state index contributed by atoms with van der Waals surface area (Å²) in [7, 11) is 0. The number of nitrogen functional groups attached to an aromatic ring is 1. The van der Waals surface area contributed by atoms with Crippen LogP contribution in [0.2, 0.25) is 0 Å². The monoisotopic (exact) mass is 302 g/mol. The summed E-state index contributed by atoms with van der Waals surface area (Å²) in [5.41, 5.74) is 8.93. The summed E-state index contributed by atoms with van der Waals surface area (Å²) in [6.45, 7) is -0.134. The number of nitrogens with two attached hydrogens (primary N) is 1. The summed E-state index contributed by atoms with van der Waals surface area (Å²) in [6, 6.07) is 11.7. The van der Waals surface area contributed by atoms with Crippen LogP contribution in [0.25, 0.3) is 11.1 Å². The van der Waals surface area contributed by atoms with Gasteiger partial charge in [-0.05, 0) is 35.9 Å². The van der Waals surface area contributed by atoms with Crippen molar-refractivity contribution in [2.75, 3.05) is 24.2 Å². The second-order valence-electron chi connectivity index (χ2n) is 4.90. The maximum absolute atomic E-state index is 10.9. The van der Waals surface area contributed by atoms with Crippen LogP contribution in [0.15, 0.2) is 42.5 Å². The van der Waals surface area contributed by atoms with Gasteiger partial charge in [0.05, 0.1) is 18.3 Å². The van der Waals surface area contributed by atoms with Gasteiger partial charge in [-0.1, -0.05) is 12.1 Å². The van der Waals surface area contributed by atoms with Crippen LogP contribution >= 0.6 is 0 Å². The van der Waals surface area contributed by atoms with Crippen molar-refractivity contribution < 1.29 is 20.1 Å². The van der Waals surface area contributed by atoms with Crippen molar-refractivity contribution in [2.24, 2.45) is 0 Å². The van der Waals surface area contributed by atoms with E-state index in [1.807, 2.05) is 0 Å². The number of hydrogen-bond donors (Lipinski definition) is 5. The lowest BCUT2D eigenvalue weighted by molar-refractivity contribution is 0.0697. The van der Waals surface area contributed by atoms with Crippen LogP contribution in [0.1, 0.15) is 10.4 Å². The molecule has 2 rings (SSSR count). The van der Waals surface area contributed by atoms with E-state index in [1.165, 1.54) is 12.1 Å². The maximum Gasteiger partial charge on any atom is 0.335 e. The van der Waals surface area contributed by atoms with Gasteiger partial charge in [0.2, 0.25) is 0 Å². The molecule has 0 amide bonds. The summed E-state index contributed by atoms with van der Waals surface area (Å²) in [5, 5.41) is 30.3. The molecule has 2 aromatic carbocycles. The fraction of sp³-hybridized carbons (Fsp3) is 0.188. The van der Waals surface area contributed by atoms with Gasteiger partial charge in [0.15, 0.2) is 0 Å². The predicted octanol–water partition coefficient (Wildman–Crippen LogP) is 1.40. The number of aliphatic hydroxyl groups is 2. The van der Waals surface area contributed by atoms with Gasteiger partial charge in [0.25, 0.3) is 0 Å². The van der Waals surface area contributed by atoms with Crippen LogP contribution in [-0.2, 0) is 0 Å². The van der Waals surface area contributed by atoms with Crippen LogP contribution in [-0.4, -0.2) is 40.5 Å². The molecule has 0 aromatic heterocycles. The van der Waals surface area contributed by atoms with Crippen LogP contribution in [0.3, 0.4) is 0 Å². The van der Waals surface area contributed by atoms with Crippen molar-refractivity contribution in [1.82, 2.24) is 0 Å². The summed E-state index contributed by atoms with van der Waals surface area (Å²) in [4.78, 5) is 10.9. The summed E-state index contributed by atoms with van der Waals surface area (Å²) in [6.07, 6.45) is -0.861. The quantitative estimate of drug-likeness (QED) is 0.515. The standard InChI is InChI=1S/C16H18N2O4/c17-12-5-6-15(18-8-13(20)9-19)14(7-12)10-1-3-11(4-2-10)16(21)22/h1-7,13,18-20H,8-9,17H2,(H,21,22). The van der Waals surface area contributed by atoms with Crippen LogP contribution < -0.4 is 11.1 Å². The normalized spacial score (nSPS) is 11.9. The lowest BCUT2D eigenvalue weighted by Crippen LogP contribution is -2.23. The van der Waals surface area contributed by atoms with E-state index in [2.05, 4.69) is 5.32 Å². The first-order valence-corrected chi connectivity index (χ1v) is 6.77. The molecule has 2 aromatic rings. The zero-order valence-electron chi connectivity index (χ0n) is 11.9. The van der Waals surface area contributed by atoms with Crippen LogP contribution in [0.4, 0.5) is 11.4 Å². The molecular weight excluding hydrogens is 284 g/mol. The largest absolute Gasteiger partial charge is 0.478 e. The van der Waals surface area contributed by atoms with Gasteiger partial charge < -0.3 is 26.4 Å². The number of aliphatic hydroxyl groups excluding tert-OH is 2. The highest BCUT2D eigenvalue weighted by atomic mass is 16.4. The molecule has 0 saturated carbocycles. The molecule has 0 heterocycles. The molecule has 0 spiro atoms. The molecule has 0 bridgehead atoms. The number of carboxylic acids is 1. The highest BCUT2D eigenvalue weighted by molar-refractivity contribution is 5.89. The molecule has 1 atom stereocenters. The Labute approximate surface area is 127 Å². The average molecular weight is 302 g/mol. The lowest BCUT2D eigenvalue weighted by Gasteiger charge is -2.15. The molecule has 0 radical (unpaired) electrons. The molecular formula is C16H18N2O4. The summed E-state index contributed by atoms with van der Waals surface area (Å²) < 4.78 is 0. The van der Waals surface area contributed by atoms with Crippen molar-refractivity contribution in [3.8, 4) is 11.1 Å². The van der Waals surface area contributed by atoms with E-state index in [0.29, 0.717) is 5.69 Å². The number of aromatic carboxylic acids is 1. The van der Waals surface area contributed by atoms with Gasteiger partial charge in [-0.15, -0.1) is 0 Å². The summed E-state index contributed by atoms with van der Waals surface area (Å²) in [5.74, 6) is -0.983. The smallest absolute Gasteiger partial charge is 0.335 e. The number of anilines is 2. The van der Waals surface area contributed by atoms with E-state index in [-0.39, 0.29) is 18.7 Å². The Balaban J connectivity index is 2.32. The molecule has 22 heavy (non-hydrogen) atoms. The first-order chi connectivity index (χ1) is 10.5. The minimum absolute atomic E-state index is 0.195. The van der Waals surface area contributed by atoms with Crippen molar-refractivity contribution >= 4 is 17.3 Å². The average Bonchev–Trinajstić information content (AvgIpc) is 2.53. The zero-order valence-corrected chi connectivity index (χ0v) is 11.9. The molecule has 0 aliphatic heterocycles. The Hall–Kier alpha value is -2.57. The van der Waals surface area contributed by atoms with Gasteiger partial charge in [0, 0.05) is 23.5 Å². The van der Waals surface area contributed by atoms with E-state index in [4.69, 9.17) is 15.9 Å². The molecule has 1 unspecified atom stereocenters. The van der Waals surface area contributed by atoms with E-state index in [1.54, 1.807) is 30.3 Å². The number of carboxylic acid groups (broad SMARTS) is 1. The Morgan fingerprint density at radius 2 is 1.86 bits per heavy atom. The molecule has 6 N–H and O–H groups in total. The molecule has 6 nitrogen and oxygen atoms in total. The van der Waals surface area contributed by atoms with Gasteiger partial charge >= 0.3 is 5.97 Å². The van der Waals surface area contributed by atoms with E-state index >= 15 is 0 Å². The number of benzene rings is 2. The third-order valence-corrected chi connectivity index (χ3v) is 3.23. The highest BCUT2D eigenvalue weighted by Crippen LogP contribution is 2.30. The van der Waals surface area contributed by atoms with Crippen LogP contribution in [0.5, 0.6) is 0 Å². The van der Waals surface area contributed by atoms with Gasteiger partial charge in [-0.3, -0.25) is 0 Å². The first kappa shape index (κ1) is 15.8. The SMILES string of the molecule is Nc1ccc(NCC(O)CO)c(-c2ccc(C(=O)O)cc2)c1. The molecule has 0 saturated heterocycles. The Morgan fingerprint density at radius 3 is 2.45 bits per heavy atom. The number of carbonyl (C=O) groups is 1. The van der Waals surface area contributed by atoms with Gasteiger partial charge in [-0.25, -0.2) is 4.79 Å². The topological polar surface area (TPSA) is 116 Å². The van der Waals surface area contributed by atoms with Gasteiger partial charge in [0.1, 0.15) is 0 Å². The van der Waals surface area contributed by atoms with Crippen molar-refractivity contribution in [3.05, 3.63) is 48.0 Å². The molecule has 6 heteroatoms. The third-order valence-electron chi connectivity index (χ3n) is 3.23. The Bertz CT molecular complexity index is 656. The zero-order chi connectivity index (χ0) is 16.1. The van der Waals surface area contributed by atoms with E-state index in [0.717, 1.165) is 16.8 Å². The fourth-order valence-electron chi connectivity index (χ4n) is 2.04. The van der Waals surface area contributed by atoms with Crippen molar-refractivity contribution in [3.63, 3.8) is 0 Å². The van der Waals surface area contributed by atoms with Crippen molar-refractivity contribution in [2.45, 2.75) is 6.10 Å². The first-order valence-electron chi connectivity index (χ1n) is 6.77.